The van der Waals surface area contributed by atoms with Gasteiger partial charge < -0.3 is 25.0 Å². The maximum absolute atomic E-state index is 13.2. The molecule has 1 aliphatic heterocycles. The van der Waals surface area contributed by atoms with Gasteiger partial charge in [0, 0.05) is 32.1 Å². The molecule has 1 aliphatic rings. The van der Waals surface area contributed by atoms with Gasteiger partial charge in [-0.2, -0.15) is 4.31 Å². The molecule has 1 saturated heterocycles. The molecule has 0 radical (unpaired) electrons. The molecule has 12 heteroatoms. The first kappa shape index (κ1) is 26.4. The molecule has 2 rings (SSSR count). The predicted octanol–water partition coefficient (Wildman–Crippen LogP) is -0.0407. The second-order valence-corrected chi connectivity index (χ2v) is 10.1. The van der Waals surface area contributed by atoms with E-state index in [1.165, 1.54) is 19.1 Å². The molecule has 11 nitrogen and oxygen atoms in total. The van der Waals surface area contributed by atoms with E-state index in [0.717, 1.165) is 16.1 Å². The van der Waals surface area contributed by atoms with Gasteiger partial charge in [-0.1, -0.05) is 12.1 Å². The third kappa shape index (κ3) is 7.32. The van der Waals surface area contributed by atoms with Crippen molar-refractivity contribution in [1.82, 2.24) is 19.8 Å². The molecule has 1 aromatic rings. The van der Waals surface area contributed by atoms with Crippen molar-refractivity contribution in [3.05, 3.63) is 29.8 Å². The number of benzene rings is 1. The monoisotopic (exact) mass is 484 g/mol. The molecule has 1 heterocycles. The van der Waals surface area contributed by atoms with E-state index in [1.807, 2.05) is 0 Å². The number of hydrogen-bond donors (Lipinski definition) is 2. The largest absolute Gasteiger partial charge is 0.497 e. The Labute approximate surface area is 194 Å². The van der Waals surface area contributed by atoms with Crippen LogP contribution in [-0.4, -0.2) is 93.8 Å². The fourth-order valence-electron chi connectivity index (χ4n) is 3.46. The van der Waals surface area contributed by atoms with Crippen LogP contribution in [0.25, 0.3) is 0 Å². The van der Waals surface area contributed by atoms with Gasteiger partial charge in [0.15, 0.2) is 0 Å². The van der Waals surface area contributed by atoms with E-state index in [2.05, 4.69) is 10.6 Å². The first-order valence-corrected chi connectivity index (χ1v) is 12.3. The number of ether oxygens (including phenoxy) is 2. The Kier molecular flexibility index (Phi) is 9.06. The third-order valence-corrected chi connectivity index (χ3v) is 6.46. The van der Waals surface area contributed by atoms with Crippen molar-refractivity contribution in [1.29, 1.82) is 0 Å². The summed E-state index contributed by atoms with van der Waals surface area (Å²) in [4.78, 5) is 39.6. The summed E-state index contributed by atoms with van der Waals surface area (Å²) in [7, 11) is -0.826. The molecule has 33 heavy (non-hydrogen) atoms. The molecule has 184 valence electrons. The highest BCUT2D eigenvalue weighted by atomic mass is 32.2. The lowest BCUT2D eigenvalue weighted by molar-refractivity contribution is -0.145. The van der Waals surface area contributed by atoms with Crippen molar-refractivity contribution in [3.63, 3.8) is 0 Å². The lowest BCUT2D eigenvalue weighted by Crippen LogP contribution is -2.64. The number of esters is 1. The van der Waals surface area contributed by atoms with Gasteiger partial charge in [0.1, 0.15) is 17.8 Å². The van der Waals surface area contributed by atoms with Crippen molar-refractivity contribution in [2.75, 3.05) is 40.1 Å². The van der Waals surface area contributed by atoms with Crippen LogP contribution in [0.4, 0.5) is 4.79 Å². The van der Waals surface area contributed by atoms with Gasteiger partial charge in [-0.15, -0.1) is 0 Å². The van der Waals surface area contributed by atoms with E-state index in [1.54, 1.807) is 38.1 Å². The van der Waals surface area contributed by atoms with E-state index in [0.29, 0.717) is 5.75 Å². The first-order valence-electron chi connectivity index (χ1n) is 10.5. The summed E-state index contributed by atoms with van der Waals surface area (Å²) in [6, 6.07) is 4.18. The van der Waals surface area contributed by atoms with Crippen LogP contribution in [0.15, 0.2) is 24.3 Å². The SMILES string of the molecule is COC(=O)C(Cc1ccc(OC)cc1)NC(=O)C1CN(S(C)(=O)=O)CCN1C(=O)NC(C)C. The summed E-state index contributed by atoms with van der Waals surface area (Å²) in [5.74, 6) is -0.661. The van der Waals surface area contributed by atoms with E-state index in [9.17, 15) is 22.8 Å². The number of sulfonamides is 1. The maximum Gasteiger partial charge on any atom is 0.328 e. The molecule has 1 fully saturated rings. The first-order chi connectivity index (χ1) is 15.5. The molecule has 1 aromatic carbocycles. The van der Waals surface area contributed by atoms with Crippen LogP contribution in [0.5, 0.6) is 5.75 Å². The Morgan fingerprint density at radius 2 is 1.73 bits per heavy atom. The lowest BCUT2D eigenvalue weighted by atomic mass is 10.0. The average Bonchev–Trinajstić information content (AvgIpc) is 2.77. The number of hydrogen-bond acceptors (Lipinski definition) is 7. The van der Waals surface area contributed by atoms with E-state index in [-0.39, 0.29) is 32.1 Å². The summed E-state index contributed by atoms with van der Waals surface area (Å²) in [5, 5.41) is 5.36. The Morgan fingerprint density at radius 3 is 2.24 bits per heavy atom. The standard InChI is InChI=1S/C21H32N4O7S/c1-14(2)22-21(28)25-11-10-24(33(5,29)30)13-18(25)19(26)23-17(20(27)32-4)12-15-6-8-16(31-3)9-7-15/h6-9,14,17-18H,10-13H2,1-5H3,(H,22,28)(H,23,26). The number of piperazine rings is 1. The van der Waals surface area contributed by atoms with Gasteiger partial charge >= 0.3 is 12.0 Å². The molecule has 2 atom stereocenters. The highest BCUT2D eigenvalue weighted by molar-refractivity contribution is 7.88. The molecule has 0 aliphatic carbocycles. The summed E-state index contributed by atoms with van der Waals surface area (Å²) < 4.78 is 35.3. The molecule has 2 N–H and O–H groups in total. The highest BCUT2D eigenvalue weighted by Crippen LogP contribution is 2.16. The Bertz CT molecular complexity index is 950. The number of nitrogens with one attached hydrogen (secondary N) is 2. The number of amides is 3. The van der Waals surface area contributed by atoms with E-state index in [4.69, 9.17) is 9.47 Å². The van der Waals surface area contributed by atoms with Crippen molar-refractivity contribution in [2.45, 2.75) is 38.4 Å². The van der Waals surface area contributed by atoms with E-state index < -0.39 is 40.0 Å². The van der Waals surface area contributed by atoms with Gasteiger partial charge in [0.05, 0.1) is 20.5 Å². The summed E-state index contributed by atoms with van der Waals surface area (Å²) in [6.45, 7) is 3.45. The van der Waals surface area contributed by atoms with Crippen LogP contribution in [0, 0.1) is 0 Å². The predicted molar refractivity (Wildman–Crippen MR) is 121 cm³/mol. The number of rotatable bonds is 8. The number of urea groups is 1. The quantitative estimate of drug-likeness (QED) is 0.495. The minimum absolute atomic E-state index is 0.0328. The van der Waals surface area contributed by atoms with Gasteiger partial charge in [0.2, 0.25) is 15.9 Å². The molecule has 0 saturated carbocycles. The number of nitrogens with zero attached hydrogens (tertiary/aromatic N) is 2. The van der Waals surface area contributed by atoms with Crippen LogP contribution < -0.4 is 15.4 Å². The number of carbonyl (C=O) groups excluding carboxylic acids is 3. The molecular weight excluding hydrogens is 452 g/mol. The molecule has 0 bridgehead atoms. The molecular formula is C21H32N4O7S. The molecule has 0 spiro atoms. The van der Waals surface area contributed by atoms with Crippen molar-refractivity contribution < 1.29 is 32.3 Å². The van der Waals surface area contributed by atoms with Crippen molar-refractivity contribution in [3.8, 4) is 5.75 Å². The van der Waals surface area contributed by atoms with Gasteiger partial charge in [-0.05, 0) is 31.5 Å². The maximum atomic E-state index is 13.2. The van der Waals surface area contributed by atoms with Crippen LogP contribution in [-0.2, 0) is 30.8 Å². The van der Waals surface area contributed by atoms with Crippen LogP contribution in [0.1, 0.15) is 19.4 Å². The van der Waals surface area contributed by atoms with Gasteiger partial charge in [0.25, 0.3) is 0 Å². The van der Waals surface area contributed by atoms with E-state index >= 15 is 0 Å². The Balaban J connectivity index is 2.25. The zero-order chi connectivity index (χ0) is 24.8. The lowest BCUT2D eigenvalue weighted by Gasteiger charge is -2.40. The minimum atomic E-state index is -3.58. The Hall–Kier alpha value is -2.86. The molecule has 2 unspecified atom stereocenters. The second kappa shape index (κ2) is 11.3. The Morgan fingerprint density at radius 1 is 1.09 bits per heavy atom. The number of carbonyl (C=O) groups is 3. The zero-order valence-corrected chi connectivity index (χ0v) is 20.3. The smallest absolute Gasteiger partial charge is 0.328 e. The molecule has 0 aromatic heterocycles. The summed E-state index contributed by atoms with van der Waals surface area (Å²) >= 11 is 0. The number of methoxy groups -OCH3 is 2. The van der Waals surface area contributed by atoms with Crippen LogP contribution >= 0.6 is 0 Å². The van der Waals surface area contributed by atoms with Gasteiger partial charge in [-0.25, -0.2) is 18.0 Å². The fourth-order valence-corrected chi connectivity index (χ4v) is 4.28. The zero-order valence-electron chi connectivity index (χ0n) is 19.5. The fraction of sp³-hybridized carbons (Fsp3) is 0.571. The van der Waals surface area contributed by atoms with Crippen LogP contribution in [0.3, 0.4) is 0 Å². The van der Waals surface area contributed by atoms with Crippen LogP contribution in [0.2, 0.25) is 0 Å². The van der Waals surface area contributed by atoms with Gasteiger partial charge in [-0.3, -0.25) is 4.79 Å². The average molecular weight is 485 g/mol. The summed E-state index contributed by atoms with van der Waals surface area (Å²) in [5.41, 5.74) is 0.752. The third-order valence-electron chi connectivity index (χ3n) is 5.19. The highest BCUT2D eigenvalue weighted by Gasteiger charge is 2.39. The summed E-state index contributed by atoms with van der Waals surface area (Å²) in [6.07, 6.45) is 1.19. The topological polar surface area (TPSA) is 134 Å². The van der Waals surface area contributed by atoms with Crippen molar-refractivity contribution >= 4 is 27.9 Å². The molecule has 3 amide bonds. The second-order valence-electron chi connectivity index (χ2n) is 8.07. The minimum Gasteiger partial charge on any atom is -0.497 e. The van der Waals surface area contributed by atoms with Crippen molar-refractivity contribution in [2.24, 2.45) is 0 Å². The normalized spacial score (nSPS) is 17.9.